The first-order chi connectivity index (χ1) is 13.1. The van der Waals surface area contributed by atoms with Crippen molar-refractivity contribution in [3.05, 3.63) is 87.3 Å². The van der Waals surface area contributed by atoms with Gasteiger partial charge in [0, 0.05) is 4.47 Å². The number of hydrogen-bond acceptors (Lipinski definition) is 4. The molecule has 3 rings (SSSR count). The molecule has 0 heterocycles. The lowest BCUT2D eigenvalue weighted by Crippen LogP contribution is -2.10. The Labute approximate surface area is 174 Å². The van der Waals surface area contributed by atoms with Crippen LogP contribution in [0.15, 0.2) is 81.7 Å². The van der Waals surface area contributed by atoms with Gasteiger partial charge in [0.15, 0.2) is 0 Å². The van der Waals surface area contributed by atoms with Crippen LogP contribution in [0.2, 0.25) is 0 Å². The lowest BCUT2D eigenvalue weighted by atomic mass is 10.2. The van der Waals surface area contributed by atoms with E-state index in [1.807, 2.05) is 42.5 Å². The van der Waals surface area contributed by atoms with Crippen LogP contribution in [0.5, 0.6) is 17.2 Å². The molecule has 0 aromatic heterocycles. The van der Waals surface area contributed by atoms with E-state index in [-0.39, 0.29) is 0 Å². The molecule has 0 aliphatic carbocycles. The van der Waals surface area contributed by atoms with Crippen LogP contribution in [0, 0.1) is 0 Å². The van der Waals surface area contributed by atoms with Gasteiger partial charge in [-0.15, -0.1) is 0 Å². The highest BCUT2D eigenvalue weighted by Crippen LogP contribution is 2.29. The quantitative estimate of drug-likeness (QED) is 0.235. The van der Waals surface area contributed by atoms with E-state index in [1.165, 1.54) is 0 Å². The van der Waals surface area contributed by atoms with Gasteiger partial charge >= 0.3 is 5.97 Å². The van der Waals surface area contributed by atoms with Crippen molar-refractivity contribution in [1.82, 2.24) is 0 Å². The van der Waals surface area contributed by atoms with Gasteiger partial charge in [-0.2, -0.15) is 0 Å². The first kappa shape index (κ1) is 19.5. The van der Waals surface area contributed by atoms with Crippen LogP contribution in [0.3, 0.4) is 0 Å². The minimum absolute atomic E-state index is 0.407. The molecule has 0 bridgehead atoms. The number of carbonyl (C=O) groups is 1. The number of para-hydroxylation sites is 1. The van der Waals surface area contributed by atoms with Crippen molar-refractivity contribution in [3.63, 3.8) is 0 Å². The lowest BCUT2D eigenvalue weighted by molar-refractivity contribution is 0.0733. The predicted octanol–water partition coefficient (Wildman–Crippen LogP) is 5.89. The van der Waals surface area contributed by atoms with E-state index >= 15 is 0 Å². The molecule has 4 nitrogen and oxygen atoms in total. The third kappa shape index (κ3) is 5.84. The summed E-state index contributed by atoms with van der Waals surface area (Å²) >= 11 is 6.73. The summed E-state index contributed by atoms with van der Waals surface area (Å²) in [4.78, 5) is 12.3. The summed E-state index contributed by atoms with van der Waals surface area (Å²) in [6.45, 7) is 0.843. The fourth-order valence-electron chi connectivity index (χ4n) is 2.24. The number of esters is 1. The van der Waals surface area contributed by atoms with E-state index in [0.717, 1.165) is 10.2 Å². The van der Waals surface area contributed by atoms with E-state index in [4.69, 9.17) is 14.2 Å². The van der Waals surface area contributed by atoms with Crippen LogP contribution in [-0.4, -0.2) is 19.2 Å². The fraction of sp³-hybridized carbons (Fsp3) is 0.0952. The third-order valence-corrected chi connectivity index (χ3v) is 4.66. The Morgan fingerprint density at radius 1 is 0.778 bits per heavy atom. The molecule has 0 spiro atoms. The molecule has 0 radical (unpaired) electrons. The molecule has 0 saturated carbocycles. The predicted molar refractivity (Wildman–Crippen MR) is 111 cm³/mol. The highest BCUT2D eigenvalue weighted by molar-refractivity contribution is 9.11. The van der Waals surface area contributed by atoms with Gasteiger partial charge in [0.1, 0.15) is 30.5 Å². The topological polar surface area (TPSA) is 44.8 Å². The monoisotopic (exact) mass is 490 g/mol. The molecule has 0 aliphatic heterocycles. The Morgan fingerprint density at radius 3 is 2.04 bits per heavy atom. The van der Waals surface area contributed by atoms with Crippen LogP contribution >= 0.6 is 31.9 Å². The molecule has 27 heavy (non-hydrogen) atoms. The van der Waals surface area contributed by atoms with Crippen LogP contribution in [0.4, 0.5) is 0 Å². The van der Waals surface area contributed by atoms with Crippen molar-refractivity contribution >= 4 is 37.8 Å². The second-order valence-electron chi connectivity index (χ2n) is 5.50. The van der Waals surface area contributed by atoms with Crippen LogP contribution < -0.4 is 14.2 Å². The van der Waals surface area contributed by atoms with Crippen molar-refractivity contribution in [1.29, 1.82) is 0 Å². The molecular formula is C21H16Br2O4. The Hall–Kier alpha value is -2.31. The summed E-state index contributed by atoms with van der Waals surface area (Å²) in [5, 5.41) is 0. The molecule has 3 aromatic rings. The van der Waals surface area contributed by atoms with E-state index in [2.05, 4.69) is 31.9 Å². The van der Waals surface area contributed by atoms with Crippen molar-refractivity contribution in [2.24, 2.45) is 0 Å². The Bertz CT molecular complexity index is 896. The van der Waals surface area contributed by atoms with Gasteiger partial charge in [-0.1, -0.05) is 34.1 Å². The van der Waals surface area contributed by atoms with E-state index in [0.29, 0.717) is 34.7 Å². The van der Waals surface area contributed by atoms with Gasteiger partial charge in [0.25, 0.3) is 0 Å². The maximum atomic E-state index is 12.3. The highest BCUT2D eigenvalue weighted by atomic mass is 79.9. The first-order valence-corrected chi connectivity index (χ1v) is 9.78. The average molecular weight is 492 g/mol. The number of halogens is 2. The Morgan fingerprint density at radius 2 is 1.41 bits per heavy atom. The first-order valence-electron chi connectivity index (χ1n) is 8.20. The van der Waals surface area contributed by atoms with E-state index < -0.39 is 5.97 Å². The minimum atomic E-state index is -0.433. The van der Waals surface area contributed by atoms with Crippen molar-refractivity contribution in [2.75, 3.05) is 13.2 Å². The van der Waals surface area contributed by atoms with Crippen LogP contribution in [0.25, 0.3) is 0 Å². The van der Waals surface area contributed by atoms with E-state index in [1.54, 1.807) is 30.3 Å². The maximum absolute atomic E-state index is 12.3. The molecule has 138 valence electrons. The zero-order valence-electron chi connectivity index (χ0n) is 14.2. The van der Waals surface area contributed by atoms with Gasteiger partial charge in [-0.3, -0.25) is 0 Å². The number of rotatable bonds is 7. The van der Waals surface area contributed by atoms with Gasteiger partial charge < -0.3 is 14.2 Å². The lowest BCUT2D eigenvalue weighted by Gasteiger charge is -2.09. The zero-order valence-corrected chi connectivity index (χ0v) is 17.4. The summed E-state index contributed by atoms with van der Waals surface area (Å²) in [5.74, 6) is 1.49. The van der Waals surface area contributed by atoms with Gasteiger partial charge in [0.2, 0.25) is 0 Å². The molecule has 3 aromatic carbocycles. The standard InChI is InChI=1S/C21H16Br2O4/c22-16-8-11-20(19(23)14-16)27-21(24)15-6-9-18(10-7-15)26-13-12-25-17-4-2-1-3-5-17/h1-11,14H,12-13H2. The number of hydrogen-bond donors (Lipinski definition) is 0. The molecule has 0 atom stereocenters. The van der Waals surface area contributed by atoms with Gasteiger partial charge in [-0.05, 0) is 70.5 Å². The fourth-order valence-corrected chi connectivity index (χ4v) is 3.37. The smallest absolute Gasteiger partial charge is 0.343 e. The Balaban J connectivity index is 1.49. The molecule has 0 amide bonds. The molecule has 0 saturated heterocycles. The maximum Gasteiger partial charge on any atom is 0.343 e. The van der Waals surface area contributed by atoms with Crippen LogP contribution in [0.1, 0.15) is 10.4 Å². The van der Waals surface area contributed by atoms with Crippen molar-refractivity contribution < 1.29 is 19.0 Å². The average Bonchev–Trinajstić information content (AvgIpc) is 2.69. The van der Waals surface area contributed by atoms with Crippen molar-refractivity contribution in [3.8, 4) is 17.2 Å². The molecule has 0 unspecified atom stereocenters. The SMILES string of the molecule is O=C(Oc1ccc(Br)cc1Br)c1ccc(OCCOc2ccccc2)cc1. The Kier molecular flexibility index (Phi) is 6.90. The number of benzene rings is 3. The molecule has 0 fully saturated rings. The van der Waals surface area contributed by atoms with E-state index in [9.17, 15) is 4.79 Å². The molecule has 0 aliphatic rings. The second-order valence-corrected chi connectivity index (χ2v) is 7.27. The van der Waals surface area contributed by atoms with Crippen molar-refractivity contribution in [2.45, 2.75) is 0 Å². The normalized spacial score (nSPS) is 10.3. The van der Waals surface area contributed by atoms with Gasteiger partial charge in [-0.25, -0.2) is 4.79 Å². The molecule has 6 heteroatoms. The zero-order chi connectivity index (χ0) is 19.1. The molecular weight excluding hydrogens is 476 g/mol. The summed E-state index contributed by atoms with van der Waals surface area (Å²) in [6, 6.07) is 21.7. The number of ether oxygens (including phenoxy) is 3. The highest BCUT2D eigenvalue weighted by Gasteiger charge is 2.11. The summed E-state index contributed by atoms with van der Waals surface area (Å²) in [6.07, 6.45) is 0. The third-order valence-electron chi connectivity index (χ3n) is 3.55. The molecule has 0 N–H and O–H groups in total. The summed E-state index contributed by atoms with van der Waals surface area (Å²) in [7, 11) is 0. The second kappa shape index (κ2) is 9.58. The minimum Gasteiger partial charge on any atom is -0.490 e. The van der Waals surface area contributed by atoms with Crippen LogP contribution in [-0.2, 0) is 0 Å². The number of carbonyl (C=O) groups excluding carboxylic acids is 1. The summed E-state index contributed by atoms with van der Waals surface area (Å²) in [5.41, 5.74) is 0.442. The van der Waals surface area contributed by atoms with Gasteiger partial charge in [0.05, 0.1) is 10.0 Å². The largest absolute Gasteiger partial charge is 0.490 e. The summed E-state index contributed by atoms with van der Waals surface area (Å²) < 4.78 is 18.2.